The van der Waals surface area contributed by atoms with Crippen molar-refractivity contribution >= 4 is 0 Å². The Hall–Kier alpha value is -0.820. The molecule has 3 rings (SSSR count). The quantitative estimate of drug-likeness (QED) is 0.722. The number of quaternary nitrogens is 1. The number of hydrogen-bond acceptors (Lipinski definition) is 0. The van der Waals surface area contributed by atoms with E-state index in [9.17, 15) is 0 Å². The van der Waals surface area contributed by atoms with E-state index < -0.39 is 0 Å². The second kappa shape index (κ2) is 4.38. The van der Waals surface area contributed by atoms with Crippen LogP contribution in [0.4, 0.5) is 0 Å². The van der Waals surface area contributed by atoms with Crippen LogP contribution in [0, 0.1) is 0 Å². The molecule has 2 N–H and O–H groups in total. The number of rotatable bonds is 0. The molecule has 1 aliphatic heterocycles. The van der Waals surface area contributed by atoms with Crippen LogP contribution < -0.4 is 5.32 Å². The van der Waals surface area contributed by atoms with Crippen LogP contribution in [0.3, 0.4) is 0 Å². The SMILES string of the molecule is CC1(C)CC2(CCCCC2)[NH2+]Cc2ccccc21. The molecular formula is C17H26N+. The highest BCUT2D eigenvalue weighted by atomic mass is 15.0. The van der Waals surface area contributed by atoms with Crippen LogP contribution in [0.1, 0.15) is 63.5 Å². The van der Waals surface area contributed by atoms with Gasteiger partial charge in [0.1, 0.15) is 6.54 Å². The fourth-order valence-corrected chi connectivity index (χ4v) is 4.37. The molecule has 18 heavy (non-hydrogen) atoms. The summed E-state index contributed by atoms with van der Waals surface area (Å²) in [5.74, 6) is 0. The van der Waals surface area contributed by atoms with Gasteiger partial charge in [-0.15, -0.1) is 0 Å². The van der Waals surface area contributed by atoms with E-state index in [4.69, 9.17) is 0 Å². The number of fused-ring (bicyclic) bond motifs is 1. The summed E-state index contributed by atoms with van der Waals surface area (Å²) in [6, 6.07) is 9.08. The van der Waals surface area contributed by atoms with Gasteiger partial charge in [0.2, 0.25) is 0 Å². The van der Waals surface area contributed by atoms with Gasteiger partial charge < -0.3 is 5.32 Å². The molecule has 0 atom stereocenters. The van der Waals surface area contributed by atoms with Crippen LogP contribution in [0.15, 0.2) is 24.3 Å². The van der Waals surface area contributed by atoms with E-state index in [-0.39, 0.29) is 0 Å². The van der Waals surface area contributed by atoms with Gasteiger partial charge in [0.05, 0.1) is 5.54 Å². The van der Waals surface area contributed by atoms with Gasteiger partial charge in [0.25, 0.3) is 0 Å². The van der Waals surface area contributed by atoms with E-state index in [1.807, 2.05) is 0 Å². The molecule has 1 heterocycles. The molecule has 1 spiro atoms. The highest BCUT2D eigenvalue weighted by Crippen LogP contribution is 2.40. The lowest BCUT2D eigenvalue weighted by molar-refractivity contribution is -0.745. The van der Waals surface area contributed by atoms with Crippen LogP contribution in [0.5, 0.6) is 0 Å². The molecule has 1 aliphatic carbocycles. The van der Waals surface area contributed by atoms with Crippen molar-refractivity contribution in [2.45, 2.75) is 69.9 Å². The average Bonchev–Trinajstić information content (AvgIpc) is 2.47. The van der Waals surface area contributed by atoms with Crippen molar-refractivity contribution in [1.29, 1.82) is 0 Å². The van der Waals surface area contributed by atoms with Crippen LogP contribution in [0.25, 0.3) is 0 Å². The zero-order valence-corrected chi connectivity index (χ0v) is 11.8. The van der Waals surface area contributed by atoms with E-state index in [1.165, 1.54) is 45.1 Å². The summed E-state index contributed by atoms with van der Waals surface area (Å²) in [7, 11) is 0. The molecule has 2 aliphatic rings. The van der Waals surface area contributed by atoms with Crippen molar-refractivity contribution in [3.05, 3.63) is 35.4 Å². The lowest BCUT2D eigenvalue weighted by atomic mass is 9.69. The molecule has 0 radical (unpaired) electrons. The lowest BCUT2D eigenvalue weighted by Crippen LogP contribution is -2.95. The van der Waals surface area contributed by atoms with Crippen LogP contribution in [-0.2, 0) is 12.0 Å². The third-order valence-corrected chi connectivity index (χ3v) is 5.14. The number of benzene rings is 1. The lowest BCUT2D eigenvalue weighted by Gasteiger charge is -2.38. The molecule has 0 amide bonds. The van der Waals surface area contributed by atoms with Gasteiger partial charge in [-0.2, -0.15) is 0 Å². The predicted octanol–water partition coefficient (Wildman–Crippen LogP) is 3.13. The normalized spacial score (nSPS) is 25.4. The Morgan fingerprint density at radius 2 is 1.72 bits per heavy atom. The Labute approximate surface area is 111 Å². The first-order valence-corrected chi connectivity index (χ1v) is 7.54. The fraction of sp³-hybridized carbons (Fsp3) is 0.647. The van der Waals surface area contributed by atoms with Gasteiger partial charge in [-0.25, -0.2) is 0 Å². The number of nitrogens with two attached hydrogens (primary N) is 1. The molecule has 1 nitrogen and oxygen atoms in total. The van der Waals surface area contributed by atoms with Crippen molar-refractivity contribution in [1.82, 2.24) is 0 Å². The molecule has 1 aromatic rings. The van der Waals surface area contributed by atoms with Crippen molar-refractivity contribution in [2.24, 2.45) is 0 Å². The molecule has 98 valence electrons. The largest absolute Gasteiger partial charge is 0.338 e. The molecule has 0 aromatic heterocycles. The standard InChI is InChI=1S/C17H25N/c1-16(2)13-17(10-6-3-7-11-17)18-12-14-8-4-5-9-15(14)16/h4-5,8-9,18H,3,6-7,10-13H2,1-2H3/p+1. The summed E-state index contributed by atoms with van der Waals surface area (Å²) < 4.78 is 0. The van der Waals surface area contributed by atoms with Gasteiger partial charge >= 0.3 is 0 Å². The van der Waals surface area contributed by atoms with Crippen LogP contribution in [-0.4, -0.2) is 5.54 Å². The topological polar surface area (TPSA) is 16.6 Å². The second-order valence-electron chi connectivity index (χ2n) is 7.05. The Balaban J connectivity index is 1.96. The summed E-state index contributed by atoms with van der Waals surface area (Å²) in [6.07, 6.45) is 8.50. The van der Waals surface area contributed by atoms with Gasteiger partial charge in [-0.1, -0.05) is 44.5 Å². The molecule has 0 unspecified atom stereocenters. The predicted molar refractivity (Wildman–Crippen MR) is 75.5 cm³/mol. The minimum Gasteiger partial charge on any atom is -0.338 e. The van der Waals surface area contributed by atoms with E-state index in [0.29, 0.717) is 11.0 Å². The summed E-state index contributed by atoms with van der Waals surface area (Å²) in [6.45, 7) is 6.07. The maximum absolute atomic E-state index is 2.67. The van der Waals surface area contributed by atoms with E-state index in [1.54, 1.807) is 11.1 Å². The van der Waals surface area contributed by atoms with Crippen molar-refractivity contribution < 1.29 is 5.32 Å². The Morgan fingerprint density at radius 3 is 2.50 bits per heavy atom. The summed E-state index contributed by atoms with van der Waals surface area (Å²) in [5.41, 5.74) is 4.01. The molecule has 1 aromatic carbocycles. The Kier molecular flexibility index (Phi) is 2.97. The minimum atomic E-state index is 0.334. The summed E-state index contributed by atoms with van der Waals surface area (Å²) >= 11 is 0. The minimum absolute atomic E-state index is 0.334. The second-order valence-corrected chi connectivity index (χ2v) is 7.05. The van der Waals surface area contributed by atoms with Gasteiger partial charge in [0, 0.05) is 24.8 Å². The molecule has 1 saturated carbocycles. The Bertz CT molecular complexity index is 427. The first kappa shape index (κ1) is 12.2. The first-order chi connectivity index (χ1) is 8.61. The average molecular weight is 244 g/mol. The fourth-order valence-electron chi connectivity index (χ4n) is 4.37. The van der Waals surface area contributed by atoms with Crippen molar-refractivity contribution in [3.63, 3.8) is 0 Å². The maximum atomic E-state index is 2.67. The third kappa shape index (κ3) is 2.09. The summed E-state index contributed by atoms with van der Waals surface area (Å²) in [5, 5.41) is 2.67. The zero-order chi connectivity index (χ0) is 12.6. The Morgan fingerprint density at radius 1 is 1.00 bits per heavy atom. The van der Waals surface area contributed by atoms with Gasteiger partial charge in [-0.3, -0.25) is 0 Å². The van der Waals surface area contributed by atoms with Crippen molar-refractivity contribution in [2.75, 3.05) is 0 Å². The third-order valence-electron chi connectivity index (χ3n) is 5.14. The van der Waals surface area contributed by atoms with E-state index in [0.717, 1.165) is 0 Å². The smallest absolute Gasteiger partial charge is 0.102 e. The molecule has 0 bridgehead atoms. The summed E-state index contributed by atoms with van der Waals surface area (Å²) in [4.78, 5) is 0. The highest BCUT2D eigenvalue weighted by Gasteiger charge is 2.43. The maximum Gasteiger partial charge on any atom is 0.102 e. The molecular weight excluding hydrogens is 218 g/mol. The van der Waals surface area contributed by atoms with E-state index in [2.05, 4.69) is 43.4 Å². The first-order valence-electron chi connectivity index (χ1n) is 7.54. The van der Waals surface area contributed by atoms with Gasteiger partial charge in [0.15, 0.2) is 0 Å². The molecule has 1 fully saturated rings. The highest BCUT2D eigenvalue weighted by molar-refractivity contribution is 5.34. The van der Waals surface area contributed by atoms with Gasteiger partial charge in [-0.05, 0) is 23.8 Å². The van der Waals surface area contributed by atoms with Crippen molar-refractivity contribution in [3.8, 4) is 0 Å². The molecule has 0 saturated heterocycles. The van der Waals surface area contributed by atoms with Crippen LogP contribution in [0.2, 0.25) is 0 Å². The zero-order valence-electron chi connectivity index (χ0n) is 11.8. The number of hydrogen-bond donors (Lipinski definition) is 1. The molecule has 1 heteroatoms. The van der Waals surface area contributed by atoms with E-state index >= 15 is 0 Å². The monoisotopic (exact) mass is 244 g/mol. The van der Waals surface area contributed by atoms with Crippen LogP contribution >= 0.6 is 0 Å².